The smallest absolute Gasteiger partial charge is 0.160 e. The van der Waals surface area contributed by atoms with E-state index in [1.807, 2.05) is 18.3 Å². The van der Waals surface area contributed by atoms with Gasteiger partial charge in [-0.2, -0.15) is 0 Å². The number of hydrogen-bond donors (Lipinski definition) is 1. The summed E-state index contributed by atoms with van der Waals surface area (Å²) in [6.45, 7) is 6.43. The Morgan fingerprint density at radius 3 is 2.50 bits per heavy atom. The summed E-state index contributed by atoms with van der Waals surface area (Å²) in [5.41, 5.74) is 1.22. The highest BCUT2D eigenvalue weighted by atomic mass is 32.1. The van der Waals surface area contributed by atoms with E-state index >= 15 is 0 Å². The van der Waals surface area contributed by atoms with E-state index in [1.165, 1.54) is 10.4 Å². The molecule has 0 saturated carbocycles. The van der Waals surface area contributed by atoms with Crippen LogP contribution in [0.4, 0.5) is 0 Å². The number of aromatic nitrogens is 1. The molecule has 120 valence electrons. The van der Waals surface area contributed by atoms with Gasteiger partial charge in [0.05, 0.1) is 20.3 Å². The molecule has 0 aliphatic rings. The molecular formula is C17H24N2O2S. The van der Waals surface area contributed by atoms with Crippen LogP contribution in [0.15, 0.2) is 24.4 Å². The summed E-state index contributed by atoms with van der Waals surface area (Å²) < 4.78 is 10.6. The van der Waals surface area contributed by atoms with Crippen LogP contribution in [0.25, 0.3) is 0 Å². The first-order valence-corrected chi connectivity index (χ1v) is 8.24. The first-order valence-electron chi connectivity index (χ1n) is 7.42. The Balaban J connectivity index is 1.98. The van der Waals surface area contributed by atoms with Crippen molar-refractivity contribution in [2.75, 3.05) is 14.2 Å². The number of benzene rings is 1. The van der Waals surface area contributed by atoms with Gasteiger partial charge in [0.1, 0.15) is 5.01 Å². The van der Waals surface area contributed by atoms with Gasteiger partial charge in [-0.3, -0.25) is 0 Å². The van der Waals surface area contributed by atoms with Crippen molar-refractivity contribution in [1.82, 2.24) is 10.3 Å². The van der Waals surface area contributed by atoms with Gasteiger partial charge >= 0.3 is 0 Å². The predicted octanol–water partition coefficient (Wildman–Crippen LogP) is 3.75. The van der Waals surface area contributed by atoms with Crippen LogP contribution in [0.5, 0.6) is 11.5 Å². The fraction of sp³-hybridized carbons (Fsp3) is 0.471. The summed E-state index contributed by atoms with van der Waals surface area (Å²) in [5.74, 6) is 1.54. The Labute approximate surface area is 136 Å². The fourth-order valence-electron chi connectivity index (χ4n) is 2.49. The van der Waals surface area contributed by atoms with Crippen molar-refractivity contribution < 1.29 is 9.47 Å². The van der Waals surface area contributed by atoms with Crippen molar-refractivity contribution >= 4 is 11.3 Å². The van der Waals surface area contributed by atoms with Gasteiger partial charge in [-0.25, -0.2) is 4.98 Å². The van der Waals surface area contributed by atoms with Crippen molar-refractivity contribution in [3.63, 3.8) is 0 Å². The van der Waals surface area contributed by atoms with E-state index in [1.54, 1.807) is 25.6 Å². The summed E-state index contributed by atoms with van der Waals surface area (Å²) in [5, 5.41) is 4.74. The van der Waals surface area contributed by atoms with E-state index in [2.05, 4.69) is 37.1 Å². The molecule has 2 atom stereocenters. The summed E-state index contributed by atoms with van der Waals surface area (Å²) in [6, 6.07) is 6.67. The molecule has 1 N–H and O–H groups in total. The average Bonchev–Trinajstić information content (AvgIpc) is 2.93. The van der Waals surface area contributed by atoms with Crippen molar-refractivity contribution in [2.45, 2.75) is 39.3 Å². The minimum atomic E-state index is 0.258. The van der Waals surface area contributed by atoms with E-state index in [4.69, 9.17) is 9.47 Å². The number of nitrogens with zero attached hydrogens (tertiary/aromatic N) is 1. The van der Waals surface area contributed by atoms with Crippen LogP contribution in [-0.2, 0) is 6.42 Å². The van der Waals surface area contributed by atoms with Gasteiger partial charge < -0.3 is 14.8 Å². The van der Waals surface area contributed by atoms with Gasteiger partial charge in [-0.05, 0) is 44.9 Å². The zero-order valence-electron chi connectivity index (χ0n) is 13.8. The number of thiazole rings is 1. The maximum absolute atomic E-state index is 5.36. The number of rotatable bonds is 7. The zero-order valence-corrected chi connectivity index (χ0v) is 14.7. The van der Waals surface area contributed by atoms with E-state index in [-0.39, 0.29) is 6.04 Å². The fourth-order valence-corrected chi connectivity index (χ4v) is 3.28. The van der Waals surface area contributed by atoms with Crippen molar-refractivity contribution in [3.05, 3.63) is 39.8 Å². The molecule has 0 saturated heterocycles. The number of nitrogens with one attached hydrogen (secondary N) is 1. The van der Waals surface area contributed by atoms with E-state index in [0.717, 1.165) is 22.9 Å². The van der Waals surface area contributed by atoms with E-state index < -0.39 is 0 Å². The van der Waals surface area contributed by atoms with Crippen LogP contribution in [0.1, 0.15) is 35.3 Å². The summed E-state index contributed by atoms with van der Waals surface area (Å²) >= 11 is 1.74. The Hall–Kier alpha value is -1.59. The molecule has 1 aromatic carbocycles. The van der Waals surface area contributed by atoms with Gasteiger partial charge in [0, 0.05) is 17.1 Å². The van der Waals surface area contributed by atoms with Gasteiger partial charge in [0.25, 0.3) is 0 Å². The Morgan fingerprint density at radius 1 is 1.18 bits per heavy atom. The molecular weight excluding hydrogens is 296 g/mol. The third-order valence-electron chi connectivity index (χ3n) is 3.53. The summed E-state index contributed by atoms with van der Waals surface area (Å²) in [7, 11) is 3.32. The molecule has 1 aromatic heterocycles. The van der Waals surface area contributed by atoms with Crippen molar-refractivity contribution in [3.8, 4) is 11.5 Å². The van der Waals surface area contributed by atoms with Crippen LogP contribution >= 0.6 is 11.3 Å². The average molecular weight is 320 g/mol. The predicted molar refractivity (Wildman–Crippen MR) is 91.1 cm³/mol. The molecule has 0 amide bonds. The number of hydrogen-bond acceptors (Lipinski definition) is 5. The molecule has 0 radical (unpaired) electrons. The van der Waals surface area contributed by atoms with Crippen LogP contribution < -0.4 is 14.8 Å². The molecule has 1 heterocycles. The second-order valence-electron chi connectivity index (χ2n) is 5.49. The molecule has 0 bridgehead atoms. The maximum Gasteiger partial charge on any atom is 0.160 e. The van der Waals surface area contributed by atoms with E-state index in [9.17, 15) is 0 Å². The standard InChI is InChI=1S/C17H24N2O2S/c1-11(19-13(3)17-18-10-12(2)22-17)8-14-6-7-15(20-4)16(9-14)21-5/h6-7,9-11,13,19H,8H2,1-5H3/t11-,13+/m0/s1. The Kier molecular flexibility index (Phi) is 5.80. The zero-order chi connectivity index (χ0) is 16.1. The Bertz CT molecular complexity index is 612. The molecule has 0 aliphatic heterocycles. The summed E-state index contributed by atoms with van der Waals surface area (Å²) in [4.78, 5) is 5.69. The first-order chi connectivity index (χ1) is 10.5. The largest absolute Gasteiger partial charge is 0.493 e. The minimum absolute atomic E-state index is 0.258. The lowest BCUT2D eigenvalue weighted by molar-refractivity contribution is 0.354. The molecule has 22 heavy (non-hydrogen) atoms. The van der Waals surface area contributed by atoms with E-state index in [0.29, 0.717) is 6.04 Å². The topological polar surface area (TPSA) is 43.4 Å². The second kappa shape index (κ2) is 7.61. The molecule has 2 rings (SSSR count). The molecule has 5 heteroatoms. The Morgan fingerprint density at radius 2 is 1.91 bits per heavy atom. The highest BCUT2D eigenvalue weighted by molar-refractivity contribution is 7.11. The molecule has 0 fully saturated rings. The van der Waals surface area contributed by atoms with Gasteiger partial charge in [-0.1, -0.05) is 6.07 Å². The molecule has 2 aromatic rings. The van der Waals surface area contributed by atoms with Crippen LogP contribution in [-0.4, -0.2) is 25.2 Å². The third kappa shape index (κ3) is 4.21. The lowest BCUT2D eigenvalue weighted by atomic mass is 10.1. The molecule has 0 aliphatic carbocycles. The van der Waals surface area contributed by atoms with Crippen molar-refractivity contribution in [1.29, 1.82) is 0 Å². The summed E-state index contributed by atoms with van der Waals surface area (Å²) in [6.07, 6.45) is 2.85. The number of ether oxygens (including phenoxy) is 2. The lowest BCUT2D eigenvalue weighted by Gasteiger charge is -2.19. The molecule has 0 spiro atoms. The lowest BCUT2D eigenvalue weighted by Crippen LogP contribution is -2.30. The maximum atomic E-state index is 5.36. The van der Waals surface area contributed by atoms with Gasteiger partial charge in [-0.15, -0.1) is 11.3 Å². The number of methoxy groups -OCH3 is 2. The molecule has 0 unspecified atom stereocenters. The quantitative estimate of drug-likeness (QED) is 0.844. The normalized spacial score (nSPS) is 13.7. The second-order valence-corrected chi connectivity index (χ2v) is 6.76. The number of aryl methyl sites for hydroxylation is 1. The SMILES string of the molecule is COc1ccc(C[C@H](C)N[C@H](C)c2ncc(C)s2)cc1OC. The highest BCUT2D eigenvalue weighted by Gasteiger charge is 2.14. The van der Waals surface area contributed by atoms with Crippen LogP contribution in [0.2, 0.25) is 0 Å². The van der Waals surface area contributed by atoms with Crippen molar-refractivity contribution in [2.24, 2.45) is 0 Å². The minimum Gasteiger partial charge on any atom is -0.493 e. The monoisotopic (exact) mass is 320 g/mol. The van der Waals surface area contributed by atoms with Crippen LogP contribution in [0, 0.1) is 6.92 Å². The van der Waals surface area contributed by atoms with Crippen LogP contribution in [0.3, 0.4) is 0 Å². The molecule has 4 nitrogen and oxygen atoms in total. The van der Waals surface area contributed by atoms with Gasteiger partial charge in [0.2, 0.25) is 0 Å². The van der Waals surface area contributed by atoms with Gasteiger partial charge in [0.15, 0.2) is 11.5 Å². The highest BCUT2D eigenvalue weighted by Crippen LogP contribution is 2.28. The first kappa shape index (κ1) is 16.8. The third-order valence-corrected chi connectivity index (χ3v) is 4.63.